The summed E-state index contributed by atoms with van der Waals surface area (Å²) in [6.07, 6.45) is 0.635. The Bertz CT molecular complexity index is 487. The molecule has 2 rings (SSSR count). The Morgan fingerprint density at radius 3 is 2.82 bits per heavy atom. The summed E-state index contributed by atoms with van der Waals surface area (Å²) < 4.78 is 12.9. The minimum atomic E-state index is -0.327. The van der Waals surface area contributed by atoms with Crippen LogP contribution >= 0.6 is 22.9 Å². The number of rotatable bonds is 4. The molecule has 90 valence electrons. The van der Waals surface area contributed by atoms with Gasteiger partial charge in [-0.3, -0.25) is 11.3 Å². The number of thiophene rings is 1. The normalized spacial score (nSPS) is 12.6. The van der Waals surface area contributed by atoms with E-state index in [4.69, 9.17) is 17.4 Å². The third kappa shape index (κ3) is 3.04. The molecular formula is C12H12ClFN2S. The number of nitrogens with one attached hydrogen (secondary N) is 1. The lowest BCUT2D eigenvalue weighted by molar-refractivity contribution is 0.559. The van der Waals surface area contributed by atoms with Crippen molar-refractivity contribution in [2.45, 2.75) is 12.5 Å². The largest absolute Gasteiger partial charge is 0.271 e. The maximum atomic E-state index is 12.9. The molecular weight excluding hydrogens is 259 g/mol. The molecule has 1 aromatic carbocycles. The van der Waals surface area contributed by atoms with Crippen LogP contribution in [0.1, 0.15) is 16.5 Å². The van der Waals surface area contributed by atoms with Crippen LogP contribution in [-0.4, -0.2) is 0 Å². The summed E-state index contributed by atoms with van der Waals surface area (Å²) in [7, 11) is 0. The van der Waals surface area contributed by atoms with E-state index in [-0.39, 0.29) is 11.9 Å². The van der Waals surface area contributed by atoms with Gasteiger partial charge in [-0.2, -0.15) is 0 Å². The number of halogens is 2. The highest BCUT2D eigenvalue weighted by molar-refractivity contribution is 7.10. The standard InChI is InChI=1S/C12H12ClFN2S/c13-10-7-9(14)4-3-8(10)6-11(16-15)12-2-1-5-17-12/h1-5,7,11,16H,6,15H2. The summed E-state index contributed by atoms with van der Waals surface area (Å²) >= 11 is 7.61. The minimum absolute atomic E-state index is 0.00189. The van der Waals surface area contributed by atoms with Crippen LogP contribution in [0.4, 0.5) is 4.39 Å². The first kappa shape index (κ1) is 12.5. The lowest BCUT2D eigenvalue weighted by Gasteiger charge is -2.15. The van der Waals surface area contributed by atoms with Crippen LogP contribution in [0.3, 0.4) is 0 Å². The Kier molecular flexibility index (Phi) is 4.12. The molecule has 17 heavy (non-hydrogen) atoms. The van der Waals surface area contributed by atoms with E-state index in [1.54, 1.807) is 17.4 Å². The van der Waals surface area contributed by atoms with E-state index < -0.39 is 0 Å². The van der Waals surface area contributed by atoms with Gasteiger partial charge in [-0.05, 0) is 35.6 Å². The molecule has 0 aliphatic carbocycles. The van der Waals surface area contributed by atoms with Crippen molar-refractivity contribution in [1.29, 1.82) is 0 Å². The van der Waals surface area contributed by atoms with Gasteiger partial charge >= 0.3 is 0 Å². The van der Waals surface area contributed by atoms with Gasteiger partial charge in [0, 0.05) is 9.90 Å². The van der Waals surface area contributed by atoms with Crippen LogP contribution in [0, 0.1) is 5.82 Å². The number of hydrazine groups is 1. The average molecular weight is 271 g/mol. The van der Waals surface area contributed by atoms with Crippen molar-refractivity contribution in [3.05, 3.63) is 57.0 Å². The van der Waals surface area contributed by atoms with Gasteiger partial charge in [0.1, 0.15) is 5.82 Å². The van der Waals surface area contributed by atoms with Crippen LogP contribution in [-0.2, 0) is 6.42 Å². The van der Waals surface area contributed by atoms with E-state index in [0.29, 0.717) is 11.4 Å². The van der Waals surface area contributed by atoms with Crippen molar-refractivity contribution in [2.75, 3.05) is 0 Å². The first-order valence-corrected chi connectivity index (χ1v) is 6.40. The Hall–Kier alpha value is -0.940. The van der Waals surface area contributed by atoms with Crippen molar-refractivity contribution in [3.63, 3.8) is 0 Å². The third-order valence-corrected chi connectivity index (χ3v) is 3.86. The Morgan fingerprint density at radius 1 is 1.41 bits per heavy atom. The molecule has 0 saturated heterocycles. The topological polar surface area (TPSA) is 38.0 Å². The van der Waals surface area contributed by atoms with Crippen LogP contribution in [0.25, 0.3) is 0 Å². The first-order chi connectivity index (χ1) is 8.20. The average Bonchev–Trinajstić information content (AvgIpc) is 2.81. The highest BCUT2D eigenvalue weighted by Crippen LogP contribution is 2.26. The van der Waals surface area contributed by atoms with Gasteiger partial charge in [0.25, 0.3) is 0 Å². The zero-order valence-corrected chi connectivity index (χ0v) is 10.6. The van der Waals surface area contributed by atoms with Crippen molar-refractivity contribution in [3.8, 4) is 0 Å². The van der Waals surface area contributed by atoms with Crippen molar-refractivity contribution in [1.82, 2.24) is 5.43 Å². The quantitative estimate of drug-likeness (QED) is 0.661. The highest BCUT2D eigenvalue weighted by atomic mass is 35.5. The van der Waals surface area contributed by atoms with Gasteiger partial charge in [0.2, 0.25) is 0 Å². The molecule has 2 aromatic rings. The molecule has 1 atom stereocenters. The molecule has 2 nitrogen and oxygen atoms in total. The van der Waals surface area contributed by atoms with Gasteiger partial charge < -0.3 is 0 Å². The second kappa shape index (κ2) is 5.60. The fraction of sp³-hybridized carbons (Fsp3) is 0.167. The van der Waals surface area contributed by atoms with Gasteiger partial charge in [-0.1, -0.05) is 23.7 Å². The van der Waals surface area contributed by atoms with Crippen LogP contribution in [0.2, 0.25) is 5.02 Å². The highest BCUT2D eigenvalue weighted by Gasteiger charge is 2.13. The fourth-order valence-electron chi connectivity index (χ4n) is 1.64. The molecule has 0 saturated carbocycles. The van der Waals surface area contributed by atoms with E-state index in [9.17, 15) is 4.39 Å². The minimum Gasteiger partial charge on any atom is -0.271 e. The monoisotopic (exact) mass is 270 g/mol. The summed E-state index contributed by atoms with van der Waals surface area (Å²) in [6.45, 7) is 0. The van der Waals surface area contributed by atoms with E-state index in [1.807, 2.05) is 17.5 Å². The Labute approximate surface area is 108 Å². The Balaban J connectivity index is 2.19. The summed E-state index contributed by atoms with van der Waals surface area (Å²) in [5.74, 6) is 5.20. The number of hydrogen-bond acceptors (Lipinski definition) is 3. The maximum Gasteiger partial charge on any atom is 0.124 e. The molecule has 0 spiro atoms. The number of benzene rings is 1. The maximum absolute atomic E-state index is 12.9. The second-order valence-electron chi connectivity index (χ2n) is 3.67. The van der Waals surface area contributed by atoms with Crippen molar-refractivity contribution in [2.24, 2.45) is 5.84 Å². The fourth-order valence-corrected chi connectivity index (χ4v) is 2.67. The van der Waals surface area contributed by atoms with Crippen molar-refractivity contribution >= 4 is 22.9 Å². The smallest absolute Gasteiger partial charge is 0.124 e. The summed E-state index contributed by atoms with van der Waals surface area (Å²) in [5.41, 5.74) is 3.63. The predicted molar refractivity (Wildman–Crippen MR) is 69.5 cm³/mol. The van der Waals surface area contributed by atoms with Crippen LogP contribution < -0.4 is 11.3 Å². The van der Waals surface area contributed by atoms with Crippen molar-refractivity contribution < 1.29 is 4.39 Å². The molecule has 3 N–H and O–H groups in total. The van der Waals surface area contributed by atoms with Crippen LogP contribution in [0.5, 0.6) is 0 Å². The van der Waals surface area contributed by atoms with E-state index in [0.717, 1.165) is 10.4 Å². The lowest BCUT2D eigenvalue weighted by Crippen LogP contribution is -2.29. The van der Waals surface area contributed by atoms with Gasteiger partial charge in [-0.25, -0.2) is 4.39 Å². The lowest BCUT2D eigenvalue weighted by atomic mass is 10.1. The van der Waals surface area contributed by atoms with Crippen LogP contribution in [0.15, 0.2) is 35.7 Å². The molecule has 1 unspecified atom stereocenters. The van der Waals surface area contributed by atoms with Gasteiger partial charge in [-0.15, -0.1) is 11.3 Å². The predicted octanol–water partition coefficient (Wildman–Crippen LogP) is 3.29. The molecule has 0 amide bonds. The first-order valence-electron chi connectivity index (χ1n) is 5.14. The van der Waals surface area contributed by atoms with E-state index >= 15 is 0 Å². The molecule has 0 bridgehead atoms. The molecule has 0 aliphatic heterocycles. The number of hydrogen-bond donors (Lipinski definition) is 2. The zero-order valence-electron chi connectivity index (χ0n) is 8.99. The molecule has 1 heterocycles. The van der Waals surface area contributed by atoms with E-state index in [2.05, 4.69) is 5.43 Å². The summed E-state index contributed by atoms with van der Waals surface area (Å²) in [5, 5.41) is 2.42. The van der Waals surface area contributed by atoms with Gasteiger partial charge in [0.05, 0.1) is 6.04 Å². The zero-order chi connectivity index (χ0) is 12.3. The second-order valence-corrected chi connectivity index (χ2v) is 5.06. The third-order valence-electron chi connectivity index (χ3n) is 2.53. The van der Waals surface area contributed by atoms with Gasteiger partial charge in [0.15, 0.2) is 0 Å². The van der Waals surface area contributed by atoms with E-state index in [1.165, 1.54) is 12.1 Å². The molecule has 0 fully saturated rings. The molecule has 5 heteroatoms. The Morgan fingerprint density at radius 2 is 2.24 bits per heavy atom. The molecule has 0 radical (unpaired) electrons. The molecule has 0 aliphatic rings. The summed E-state index contributed by atoms with van der Waals surface area (Å²) in [6, 6.07) is 8.39. The summed E-state index contributed by atoms with van der Waals surface area (Å²) in [4.78, 5) is 1.13. The number of nitrogens with two attached hydrogens (primary N) is 1. The SMILES string of the molecule is NNC(Cc1ccc(F)cc1Cl)c1cccs1. The molecule has 1 aromatic heterocycles.